The lowest BCUT2D eigenvalue weighted by molar-refractivity contribution is -0.137. The van der Waals surface area contributed by atoms with E-state index < -0.39 is 32.8 Å². The Kier molecular flexibility index (Phi) is 5.88. The predicted octanol–water partition coefficient (Wildman–Crippen LogP) is 2.76. The number of aromatic nitrogens is 2. The third-order valence-electron chi connectivity index (χ3n) is 4.60. The first-order valence-corrected chi connectivity index (χ1v) is 10.8. The summed E-state index contributed by atoms with van der Waals surface area (Å²) in [6, 6.07) is 5.85. The largest absolute Gasteiger partial charge is 0.465 e. The van der Waals surface area contributed by atoms with Gasteiger partial charge in [0.1, 0.15) is 5.82 Å². The Balaban J connectivity index is 2.05. The first-order chi connectivity index (χ1) is 13.9. The second-order valence-corrected chi connectivity index (χ2v) is 8.76. The van der Waals surface area contributed by atoms with Gasteiger partial charge in [-0.3, -0.25) is 0 Å². The number of alkyl halides is 3. The van der Waals surface area contributed by atoms with Gasteiger partial charge in [0.2, 0.25) is 15.0 Å². The molecule has 8 nitrogen and oxygen atoms in total. The van der Waals surface area contributed by atoms with Crippen molar-refractivity contribution < 1.29 is 31.5 Å². The summed E-state index contributed by atoms with van der Waals surface area (Å²) in [4.78, 5) is 22.2. The van der Waals surface area contributed by atoms with E-state index in [-0.39, 0.29) is 30.2 Å². The number of anilines is 1. The molecule has 0 atom stereocenters. The molecule has 0 aliphatic carbocycles. The summed E-state index contributed by atoms with van der Waals surface area (Å²) in [6.07, 6.45) is -4.21. The number of hydrogen-bond donors (Lipinski definition) is 1. The van der Waals surface area contributed by atoms with Crippen molar-refractivity contribution in [1.29, 1.82) is 0 Å². The fourth-order valence-corrected chi connectivity index (χ4v) is 3.60. The molecule has 3 rings (SSSR count). The van der Waals surface area contributed by atoms with Crippen LogP contribution in [0.4, 0.5) is 23.8 Å². The van der Waals surface area contributed by atoms with Crippen molar-refractivity contribution in [2.45, 2.75) is 17.8 Å². The van der Waals surface area contributed by atoms with Crippen LogP contribution in [0.5, 0.6) is 0 Å². The van der Waals surface area contributed by atoms with Gasteiger partial charge in [-0.2, -0.15) is 13.2 Å². The number of halogens is 3. The minimum absolute atomic E-state index is 0.0332. The summed E-state index contributed by atoms with van der Waals surface area (Å²) >= 11 is 0. The number of nitrogens with zero attached hydrogens (tertiary/aromatic N) is 4. The van der Waals surface area contributed by atoms with E-state index in [1.54, 1.807) is 4.90 Å². The molecule has 2 heterocycles. The molecule has 30 heavy (non-hydrogen) atoms. The molecule has 1 aromatic carbocycles. The van der Waals surface area contributed by atoms with Crippen molar-refractivity contribution in [1.82, 2.24) is 14.9 Å². The number of hydrogen-bond acceptors (Lipinski definition) is 6. The molecule has 0 bridgehead atoms. The molecule has 1 fully saturated rings. The third-order valence-corrected chi connectivity index (χ3v) is 5.45. The molecule has 1 N–H and O–H groups in total. The van der Waals surface area contributed by atoms with Gasteiger partial charge in [-0.1, -0.05) is 12.1 Å². The van der Waals surface area contributed by atoms with Gasteiger partial charge in [0.05, 0.1) is 11.3 Å². The van der Waals surface area contributed by atoms with Crippen molar-refractivity contribution in [2.75, 3.05) is 37.3 Å². The minimum atomic E-state index is -4.56. The molecule has 0 radical (unpaired) electrons. The average molecular weight is 444 g/mol. The lowest BCUT2D eigenvalue weighted by Crippen LogP contribution is -2.34. The fraction of sp³-hybridized carbons (Fsp3) is 0.389. The number of carbonyl (C=O) groups is 1. The molecule has 1 amide bonds. The SMILES string of the molecule is CS(=O)(=O)c1nc(-c2cccc(C(F)(F)F)c2)cc(N2CCCN(C(=O)O)CC2)n1. The van der Waals surface area contributed by atoms with Crippen molar-refractivity contribution in [3.05, 3.63) is 35.9 Å². The third kappa shape index (κ3) is 4.99. The maximum Gasteiger partial charge on any atom is 0.416 e. The molecule has 1 aliphatic rings. The van der Waals surface area contributed by atoms with Gasteiger partial charge in [0, 0.05) is 44.1 Å². The van der Waals surface area contributed by atoms with E-state index in [0.29, 0.717) is 19.5 Å². The Labute approximate surface area is 170 Å². The zero-order valence-corrected chi connectivity index (χ0v) is 16.7. The van der Waals surface area contributed by atoms with Crippen LogP contribution in [0.2, 0.25) is 0 Å². The molecular formula is C18H19F3N4O4S. The van der Waals surface area contributed by atoms with Crippen LogP contribution in [-0.4, -0.2) is 66.9 Å². The highest BCUT2D eigenvalue weighted by molar-refractivity contribution is 7.90. The zero-order chi connectivity index (χ0) is 22.1. The average Bonchev–Trinajstić information content (AvgIpc) is 2.93. The van der Waals surface area contributed by atoms with E-state index >= 15 is 0 Å². The summed E-state index contributed by atoms with van der Waals surface area (Å²) in [5.41, 5.74) is -0.751. The number of carboxylic acid groups (broad SMARTS) is 1. The lowest BCUT2D eigenvalue weighted by Gasteiger charge is -2.22. The van der Waals surface area contributed by atoms with Crippen LogP contribution in [0.25, 0.3) is 11.3 Å². The normalized spacial score (nSPS) is 15.7. The second-order valence-electron chi connectivity index (χ2n) is 6.85. The lowest BCUT2D eigenvalue weighted by atomic mass is 10.1. The van der Waals surface area contributed by atoms with E-state index in [4.69, 9.17) is 5.11 Å². The quantitative estimate of drug-likeness (QED) is 0.726. The van der Waals surface area contributed by atoms with E-state index in [2.05, 4.69) is 9.97 Å². The summed E-state index contributed by atoms with van der Waals surface area (Å²) in [7, 11) is -3.84. The first kappa shape index (κ1) is 21.8. The highest BCUT2D eigenvalue weighted by Gasteiger charge is 2.31. The minimum Gasteiger partial charge on any atom is -0.465 e. The molecule has 1 saturated heterocycles. The Hall–Kier alpha value is -2.89. The molecular weight excluding hydrogens is 425 g/mol. The van der Waals surface area contributed by atoms with Crippen LogP contribution < -0.4 is 4.90 Å². The van der Waals surface area contributed by atoms with Crippen molar-refractivity contribution in [3.8, 4) is 11.3 Å². The molecule has 1 aromatic heterocycles. The van der Waals surface area contributed by atoms with Gasteiger partial charge < -0.3 is 14.9 Å². The Morgan fingerprint density at radius 3 is 2.47 bits per heavy atom. The maximum atomic E-state index is 13.1. The van der Waals surface area contributed by atoms with Crippen LogP contribution >= 0.6 is 0 Å². The summed E-state index contributed by atoms with van der Waals surface area (Å²) < 4.78 is 63.4. The highest BCUT2D eigenvalue weighted by atomic mass is 32.2. The van der Waals surface area contributed by atoms with Gasteiger partial charge in [-0.05, 0) is 18.6 Å². The summed E-state index contributed by atoms with van der Waals surface area (Å²) in [5, 5.41) is 8.66. The van der Waals surface area contributed by atoms with Crippen LogP contribution in [0, 0.1) is 0 Å². The second kappa shape index (κ2) is 8.09. The molecule has 12 heteroatoms. The van der Waals surface area contributed by atoms with Crippen LogP contribution in [-0.2, 0) is 16.0 Å². The summed E-state index contributed by atoms with van der Waals surface area (Å²) in [5.74, 6) is 0.213. The molecule has 162 valence electrons. The van der Waals surface area contributed by atoms with Gasteiger partial charge in [0.25, 0.3) is 0 Å². The summed E-state index contributed by atoms with van der Waals surface area (Å²) in [6.45, 7) is 1.17. The number of rotatable bonds is 3. The van der Waals surface area contributed by atoms with Gasteiger partial charge >= 0.3 is 12.3 Å². The number of benzene rings is 1. The van der Waals surface area contributed by atoms with Crippen molar-refractivity contribution >= 4 is 21.7 Å². The smallest absolute Gasteiger partial charge is 0.416 e. The molecule has 0 unspecified atom stereocenters. The predicted molar refractivity (Wildman–Crippen MR) is 102 cm³/mol. The van der Waals surface area contributed by atoms with Crippen LogP contribution in [0.1, 0.15) is 12.0 Å². The zero-order valence-electron chi connectivity index (χ0n) is 15.9. The van der Waals surface area contributed by atoms with Crippen LogP contribution in [0.15, 0.2) is 35.5 Å². The Morgan fingerprint density at radius 1 is 1.10 bits per heavy atom. The van der Waals surface area contributed by atoms with Crippen molar-refractivity contribution in [3.63, 3.8) is 0 Å². The monoisotopic (exact) mass is 444 g/mol. The van der Waals surface area contributed by atoms with E-state index in [1.807, 2.05) is 0 Å². The van der Waals surface area contributed by atoms with E-state index in [9.17, 15) is 26.4 Å². The first-order valence-electron chi connectivity index (χ1n) is 8.95. The molecule has 1 aliphatic heterocycles. The van der Waals surface area contributed by atoms with E-state index in [0.717, 1.165) is 18.4 Å². The van der Waals surface area contributed by atoms with Crippen LogP contribution in [0.3, 0.4) is 0 Å². The maximum absolute atomic E-state index is 13.1. The standard InChI is InChI=1S/C18H19F3N4O4S/c1-30(28,29)16-22-14(12-4-2-5-13(10-12)18(19,20)21)11-15(23-16)24-6-3-7-25(9-8-24)17(26)27/h2,4-5,10-11H,3,6-9H2,1H3,(H,26,27). The molecule has 0 saturated carbocycles. The Bertz CT molecular complexity index is 1060. The number of amides is 1. The van der Waals surface area contributed by atoms with Gasteiger partial charge in [-0.15, -0.1) is 0 Å². The van der Waals surface area contributed by atoms with Crippen molar-refractivity contribution in [2.24, 2.45) is 0 Å². The topological polar surface area (TPSA) is 104 Å². The fourth-order valence-electron chi connectivity index (χ4n) is 3.08. The Morgan fingerprint density at radius 2 is 1.83 bits per heavy atom. The van der Waals surface area contributed by atoms with E-state index in [1.165, 1.54) is 23.1 Å². The molecule has 0 spiro atoms. The van der Waals surface area contributed by atoms with Gasteiger partial charge in [0.15, 0.2) is 0 Å². The molecule has 2 aromatic rings. The number of sulfone groups is 1. The van der Waals surface area contributed by atoms with Gasteiger partial charge in [-0.25, -0.2) is 23.2 Å². The highest BCUT2D eigenvalue weighted by Crippen LogP contribution is 2.32.